The second-order valence-corrected chi connectivity index (χ2v) is 7.70. The molecule has 0 aromatic heterocycles. The normalized spacial score (nSPS) is 23.8. The van der Waals surface area contributed by atoms with Crippen molar-refractivity contribution in [2.75, 3.05) is 31.2 Å². The molecule has 0 radical (unpaired) electrons. The van der Waals surface area contributed by atoms with E-state index in [1.807, 2.05) is 17.0 Å². The van der Waals surface area contributed by atoms with Gasteiger partial charge in [0.15, 0.2) is 0 Å². The Kier molecular flexibility index (Phi) is 4.58. The molecule has 2 aliphatic rings. The first-order valence-corrected chi connectivity index (χ1v) is 8.76. The van der Waals surface area contributed by atoms with Crippen LogP contribution in [-0.2, 0) is 16.1 Å². The van der Waals surface area contributed by atoms with Crippen molar-refractivity contribution < 1.29 is 14.6 Å². The van der Waals surface area contributed by atoms with Gasteiger partial charge in [0, 0.05) is 43.3 Å². The van der Waals surface area contributed by atoms with Crippen LogP contribution in [-0.4, -0.2) is 47.8 Å². The number of hydrogen-bond acceptors (Lipinski definition) is 4. The van der Waals surface area contributed by atoms with E-state index in [1.54, 1.807) is 6.92 Å². The first-order valence-electron chi connectivity index (χ1n) is 8.76. The molecule has 5 heteroatoms. The summed E-state index contributed by atoms with van der Waals surface area (Å²) in [5, 5.41) is 10.5. The van der Waals surface area contributed by atoms with Gasteiger partial charge in [-0.1, -0.05) is 6.92 Å². The molecule has 1 atom stereocenters. The number of aromatic hydroxyl groups is 1. The molecule has 0 bridgehead atoms. The Bertz CT molecular complexity index is 636. The lowest BCUT2D eigenvalue weighted by Gasteiger charge is -2.46. The van der Waals surface area contributed by atoms with Gasteiger partial charge in [0.05, 0.1) is 13.2 Å². The molecule has 0 spiro atoms. The van der Waals surface area contributed by atoms with E-state index < -0.39 is 0 Å². The molecule has 1 unspecified atom stereocenters. The highest BCUT2D eigenvalue weighted by Crippen LogP contribution is 2.45. The highest BCUT2D eigenvalue weighted by Gasteiger charge is 2.39. The van der Waals surface area contributed by atoms with Gasteiger partial charge >= 0.3 is 0 Å². The van der Waals surface area contributed by atoms with Crippen molar-refractivity contribution in [1.29, 1.82) is 0 Å². The Morgan fingerprint density at radius 3 is 2.62 bits per heavy atom. The lowest BCUT2D eigenvalue weighted by molar-refractivity contribution is -0.117. The van der Waals surface area contributed by atoms with Crippen LogP contribution in [0.25, 0.3) is 0 Å². The zero-order chi connectivity index (χ0) is 17.5. The molecule has 1 fully saturated rings. The molecule has 1 aromatic rings. The third-order valence-electron chi connectivity index (χ3n) is 5.22. The van der Waals surface area contributed by atoms with Crippen LogP contribution < -0.4 is 4.90 Å². The van der Waals surface area contributed by atoms with Gasteiger partial charge in [0.2, 0.25) is 5.91 Å². The van der Waals surface area contributed by atoms with Gasteiger partial charge in [-0.15, -0.1) is 0 Å². The predicted molar refractivity (Wildman–Crippen MR) is 94.5 cm³/mol. The number of hydrogen-bond donors (Lipinski definition) is 1. The number of nitrogens with zero attached hydrogens (tertiary/aromatic N) is 2. The van der Waals surface area contributed by atoms with Crippen LogP contribution in [0.3, 0.4) is 0 Å². The summed E-state index contributed by atoms with van der Waals surface area (Å²) >= 11 is 0. The Labute approximate surface area is 144 Å². The summed E-state index contributed by atoms with van der Waals surface area (Å²) in [6.45, 7) is 11.9. The zero-order valence-electron chi connectivity index (χ0n) is 15.1. The van der Waals surface area contributed by atoms with Crippen molar-refractivity contribution in [1.82, 2.24) is 4.90 Å². The lowest BCUT2D eigenvalue weighted by atomic mass is 9.79. The second kappa shape index (κ2) is 6.37. The molecular weight excluding hydrogens is 304 g/mol. The number of carbonyl (C=O) groups excluding carboxylic acids is 1. The summed E-state index contributed by atoms with van der Waals surface area (Å²) in [7, 11) is 0. The fraction of sp³-hybridized carbons (Fsp3) is 0.632. The van der Waals surface area contributed by atoms with E-state index in [-0.39, 0.29) is 11.4 Å². The zero-order valence-corrected chi connectivity index (χ0v) is 15.1. The SMILES string of the molecule is CC(=O)N1c2cc(CN3CCOCC3)c(O)cc2C(C)CC1(C)C. The predicted octanol–water partition coefficient (Wildman–Crippen LogP) is 2.86. The number of fused-ring (bicyclic) bond motifs is 1. The maximum absolute atomic E-state index is 12.3. The van der Waals surface area contributed by atoms with Gasteiger partial charge in [0.1, 0.15) is 5.75 Å². The summed E-state index contributed by atoms with van der Waals surface area (Å²) < 4.78 is 5.39. The van der Waals surface area contributed by atoms with Gasteiger partial charge < -0.3 is 14.7 Å². The minimum absolute atomic E-state index is 0.0520. The highest BCUT2D eigenvalue weighted by atomic mass is 16.5. The van der Waals surface area contributed by atoms with Crippen molar-refractivity contribution in [3.8, 4) is 5.75 Å². The molecule has 132 valence electrons. The van der Waals surface area contributed by atoms with Gasteiger partial charge in [0.25, 0.3) is 0 Å². The maximum Gasteiger partial charge on any atom is 0.224 e. The van der Waals surface area contributed by atoms with Gasteiger partial charge in [-0.2, -0.15) is 0 Å². The van der Waals surface area contributed by atoms with Crippen LogP contribution in [0.15, 0.2) is 12.1 Å². The highest BCUT2D eigenvalue weighted by molar-refractivity contribution is 5.95. The summed E-state index contributed by atoms with van der Waals surface area (Å²) in [5.74, 6) is 0.695. The molecule has 0 aliphatic carbocycles. The molecule has 1 aromatic carbocycles. The summed E-state index contributed by atoms with van der Waals surface area (Å²) in [6.07, 6.45) is 0.891. The van der Waals surface area contributed by atoms with Crippen molar-refractivity contribution in [2.45, 2.75) is 52.1 Å². The second-order valence-electron chi connectivity index (χ2n) is 7.70. The monoisotopic (exact) mass is 332 g/mol. The molecule has 0 saturated carbocycles. The molecule has 2 heterocycles. The van der Waals surface area contributed by atoms with Crippen LogP contribution in [0, 0.1) is 0 Å². The molecule has 24 heavy (non-hydrogen) atoms. The number of phenols is 1. The van der Waals surface area contributed by atoms with Gasteiger partial charge in [-0.25, -0.2) is 0 Å². The average molecular weight is 332 g/mol. The van der Waals surface area contributed by atoms with Crippen LogP contribution in [0.4, 0.5) is 5.69 Å². The average Bonchev–Trinajstić information content (AvgIpc) is 2.49. The smallest absolute Gasteiger partial charge is 0.224 e. The lowest BCUT2D eigenvalue weighted by Crippen LogP contribution is -2.50. The Morgan fingerprint density at radius 2 is 2.00 bits per heavy atom. The summed E-state index contributed by atoms with van der Waals surface area (Å²) in [6, 6.07) is 3.87. The Hall–Kier alpha value is -1.59. The van der Waals surface area contributed by atoms with E-state index in [1.165, 1.54) is 0 Å². The van der Waals surface area contributed by atoms with E-state index in [0.29, 0.717) is 18.2 Å². The molecule has 1 amide bonds. The van der Waals surface area contributed by atoms with E-state index in [0.717, 1.165) is 49.5 Å². The first-order chi connectivity index (χ1) is 11.3. The largest absolute Gasteiger partial charge is 0.508 e. The topological polar surface area (TPSA) is 53.0 Å². The molecule has 1 saturated heterocycles. The molecule has 3 rings (SSSR count). The molecule has 2 aliphatic heterocycles. The number of rotatable bonds is 2. The van der Waals surface area contributed by atoms with Crippen LogP contribution >= 0.6 is 0 Å². The summed E-state index contributed by atoms with van der Waals surface area (Å²) in [4.78, 5) is 16.5. The van der Waals surface area contributed by atoms with E-state index in [4.69, 9.17) is 4.74 Å². The third kappa shape index (κ3) is 3.15. The number of morpholine rings is 1. The minimum atomic E-state index is -0.217. The van der Waals surface area contributed by atoms with Crippen LogP contribution in [0.1, 0.15) is 51.2 Å². The van der Waals surface area contributed by atoms with E-state index in [2.05, 4.69) is 25.7 Å². The van der Waals surface area contributed by atoms with Crippen molar-refractivity contribution in [3.05, 3.63) is 23.3 Å². The van der Waals surface area contributed by atoms with Gasteiger partial charge in [-0.3, -0.25) is 9.69 Å². The number of amides is 1. The van der Waals surface area contributed by atoms with Crippen molar-refractivity contribution >= 4 is 11.6 Å². The molecular formula is C19H28N2O3. The van der Waals surface area contributed by atoms with Crippen molar-refractivity contribution in [3.63, 3.8) is 0 Å². The summed E-state index contributed by atoms with van der Waals surface area (Å²) in [5.41, 5.74) is 2.68. The number of phenolic OH excluding ortho intramolecular Hbond substituents is 1. The van der Waals surface area contributed by atoms with Gasteiger partial charge in [-0.05, 0) is 43.9 Å². The fourth-order valence-electron chi connectivity index (χ4n) is 4.22. The van der Waals surface area contributed by atoms with E-state index in [9.17, 15) is 9.90 Å². The number of carbonyl (C=O) groups is 1. The number of benzene rings is 1. The standard InChI is InChI=1S/C19H28N2O3/c1-13-11-19(3,4)21(14(2)22)17-9-15(18(23)10-16(13)17)12-20-5-7-24-8-6-20/h9-10,13,23H,5-8,11-12H2,1-4H3. The number of ether oxygens (including phenoxy) is 1. The quantitative estimate of drug-likeness (QED) is 0.905. The third-order valence-corrected chi connectivity index (χ3v) is 5.22. The van der Waals surface area contributed by atoms with Crippen LogP contribution in [0.5, 0.6) is 5.75 Å². The first kappa shape index (κ1) is 17.2. The van der Waals surface area contributed by atoms with Crippen molar-refractivity contribution in [2.24, 2.45) is 0 Å². The van der Waals surface area contributed by atoms with Crippen LogP contribution in [0.2, 0.25) is 0 Å². The fourth-order valence-corrected chi connectivity index (χ4v) is 4.22. The molecule has 1 N–H and O–H groups in total. The number of anilines is 1. The Morgan fingerprint density at radius 1 is 1.33 bits per heavy atom. The molecule has 5 nitrogen and oxygen atoms in total. The van der Waals surface area contributed by atoms with E-state index >= 15 is 0 Å². The minimum Gasteiger partial charge on any atom is -0.508 e. The Balaban J connectivity index is 1.99. The maximum atomic E-state index is 12.3.